The Kier molecular flexibility index (Phi) is 7.24. The van der Waals surface area contributed by atoms with Gasteiger partial charge in [-0.15, -0.1) is 11.3 Å². The maximum absolute atomic E-state index is 12.4. The lowest BCUT2D eigenvalue weighted by Gasteiger charge is -2.08. The lowest BCUT2D eigenvalue weighted by Crippen LogP contribution is -2.42. The Morgan fingerprint density at radius 1 is 1.00 bits per heavy atom. The third-order valence-electron chi connectivity index (χ3n) is 4.32. The highest BCUT2D eigenvalue weighted by Crippen LogP contribution is 2.27. The topological polar surface area (TPSA) is 143 Å². The SMILES string of the molecule is Cc1nc(-c2ccccc2)sc1C(=O)NNC(=O)CCNC(=O)c1ccc([N+](=O)[O-])cc1. The van der Waals surface area contributed by atoms with Crippen molar-refractivity contribution in [3.8, 4) is 10.6 Å². The standard InChI is InChI=1S/C21H19N5O5S/c1-13-18(32-21(23-13)15-5-3-2-4-6-15)20(29)25-24-17(27)11-12-22-19(28)14-7-9-16(10-8-14)26(30)31/h2-10H,11-12H2,1H3,(H,22,28)(H,24,27)(H,25,29). The highest BCUT2D eigenvalue weighted by Gasteiger charge is 2.17. The highest BCUT2D eigenvalue weighted by atomic mass is 32.1. The van der Waals surface area contributed by atoms with Crippen LogP contribution in [0.2, 0.25) is 0 Å². The van der Waals surface area contributed by atoms with E-state index in [2.05, 4.69) is 21.2 Å². The molecule has 3 rings (SSSR count). The van der Waals surface area contributed by atoms with Gasteiger partial charge in [-0.05, 0) is 19.1 Å². The summed E-state index contributed by atoms with van der Waals surface area (Å²) in [7, 11) is 0. The van der Waals surface area contributed by atoms with Crippen molar-refractivity contribution in [2.75, 3.05) is 6.54 Å². The predicted molar refractivity (Wildman–Crippen MR) is 118 cm³/mol. The third-order valence-corrected chi connectivity index (χ3v) is 5.52. The molecule has 3 amide bonds. The molecular formula is C21H19N5O5S. The number of nitro groups is 1. The fourth-order valence-electron chi connectivity index (χ4n) is 2.68. The van der Waals surface area contributed by atoms with Gasteiger partial charge in [-0.25, -0.2) is 4.98 Å². The van der Waals surface area contributed by atoms with Gasteiger partial charge in [-0.1, -0.05) is 30.3 Å². The maximum Gasteiger partial charge on any atom is 0.281 e. The first-order valence-electron chi connectivity index (χ1n) is 9.50. The molecule has 1 aromatic heterocycles. The van der Waals surface area contributed by atoms with E-state index in [4.69, 9.17) is 0 Å². The quantitative estimate of drug-likeness (QED) is 0.371. The number of nitrogens with zero attached hydrogens (tertiary/aromatic N) is 2. The van der Waals surface area contributed by atoms with E-state index in [1.54, 1.807) is 6.92 Å². The summed E-state index contributed by atoms with van der Waals surface area (Å²) in [5, 5.41) is 13.9. The van der Waals surface area contributed by atoms with Gasteiger partial charge in [0.25, 0.3) is 17.5 Å². The molecule has 32 heavy (non-hydrogen) atoms. The number of benzene rings is 2. The minimum Gasteiger partial charge on any atom is -0.352 e. The summed E-state index contributed by atoms with van der Waals surface area (Å²) in [6.45, 7) is 1.74. The van der Waals surface area contributed by atoms with Gasteiger partial charge < -0.3 is 5.32 Å². The normalized spacial score (nSPS) is 10.3. The van der Waals surface area contributed by atoms with Gasteiger partial charge in [0.05, 0.1) is 10.6 Å². The number of amides is 3. The fourth-order valence-corrected chi connectivity index (χ4v) is 3.65. The number of carbonyl (C=O) groups is 3. The van der Waals surface area contributed by atoms with Crippen LogP contribution >= 0.6 is 11.3 Å². The Bertz CT molecular complexity index is 1150. The molecule has 0 atom stereocenters. The number of aromatic nitrogens is 1. The average Bonchev–Trinajstić information content (AvgIpc) is 3.19. The number of hydrogen-bond acceptors (Lipinski definition) is 7. The molecule has 0 radical (unpaired) electrons. The molecule has 0 bridgehead atoms. The van der Waals surface area contributed by atoms with Crippen molar-refractivity contribution < 1.29 is 19.3 Å². The molecule has 3 aromatic rings. The first kappa shape index (κ1) is 22.6. The smallest absolute Gasteiger partial charge is 0.281 e. The number of rotatable bonds is 7. The predicted octanol–water partition coefficient (Wildman–Crippen LogP) is 2.61. The van der Waals surface area contributed by atoms with Crippen LogP contribution in [0.15, 0.2) is 54.6 Å². The van der Waals surface area contributed by atoms with E-state index in [1.807, 2.05) is 30.3 Å². The summed E-state index contributed by atoms with van der Waals surface area (Å²) < 4.78 is 0. The second-order valence-electron chi connectivity index (χ2n) is 6.61. The van der Waals surface area contributed by atoms with Crippen LogP contribution in [0, 0.1) is 17.0 Å². The molecule has 0 saturated heterocycles. The van der Waals surface area contributed by atoms with E-state index in [9.17, 15) is 24.5 Å². The third kappa shape index (κ3) is 5.73. The van der Waals surface area contributed by atoms with Crippen LogP contribution in [0.1, 0.15) is 32.1 Å². The van der Waals surface area contributed by atoms with Crippen LogP contribution in [0.4, 0.5) is 5.69 Å². The molecule has 3 N–H and O–H groups in total. The number of non-ortho nitro benzene ring substituents is 1. The number of hydrazine groups is 1. The molecule has 0 saturated carbocycles. The summed E-state index contributed by atoms with van der Waals surface area (Å²) in [6, 6.07) is 14.5. The minimum atomic E-state index is -0.559. The molecular weight excluding hydrogens is 434 g/mol. The number of nitro benzene ring substituents is 1. The first-order chi connectivity index (χ1) is 15.3. The van der Waals surface area contributed by atoms with Crippen LogP contribution in [0.3, 0.4) is 0 Å². The van der Waals surface area contributed by atoms with E-state index in [0.717, 1.165) is 5.56 Å². The maximum atomic E-state index is 12.4. The zero-order valence-electron chi connectivity index (χ0n) is 17.0. The Morgan fingerprint density at radius 2 is 1.69 bits per heavy atom. The summed E-state index contributed by atoms with van der Waals surface area (Å²) in [4.78, 5) is 51.2. The number of aryl methyl sites for hydroxylation is 1. The van der Waals surface area contributed by atoms with E-state index in [-0.39, 0.29) is 24.2 Å². The van der Waals surface area contributed by atoms with Gasteiger partial charge in [-0.3, -0.25) is 35.3 Å². The van der Waals surface area contributed by atoms with Crippen molar-refractivity contribution in [3.05, 3.63) is 80.8 Å². The molecule has 0 aliphatic rings. The van der Waals surface area contributed by atoms with Crippen molar-refractivity contribution in [1.82, 2.24) is 21.2 Å². The van der Waals surface area contributed by atoms with Crippen LogP contribution in [0.5, 0.6) is 0 Å². The minimum absolute atomic E-state index is 0.0231. The molecule has 164 valence electrons. The molecule has 2 aromatic carbocycles. The van der Waals surface area contributed by atoms with Gasteiger partial charge in [0, 0.05) is 36.2 Å². The molecule has 1 heterocycles. The highest BCUT2D eigenvalue weighted by molar-refractivity contribution is 7.17. The Hall–Kier alpha value is -4.12. The molecule has 0 unspecified atom stereocenters. The molecule has 10 nitrogen and oxygen atoms in total. The first-order valence-corrected chi connectivity index (χ1v) is 10.3. The molecule has 0 fully saturated rings. The van der Waals surface area contributed by atoms with Crippen molar-refractivity contribution in [3.63, 3.8) is 0 Å². The van der Waals surface area contributed by atoms with E-state index < -0.39 is 22.6 Å². The second kappa shape index (κ2) is 10.3. The van der Waals surface area contributed by atoms with Crippen LogP contribution < -0.4 is 16.2 Å². The summed E-state index contributed by atoms with van der Waals surface area (Å²) >= 11 is 1.22. The van der Waals surface area contributed by atoms with Gasteiger partial charge in [0.2, 0.25) is 5.91 Å². The Balaban J connectivity index is 1.45. The van der Waals surface area contributed by atoms with Crippen molar-refractivity contribution in [2.24, 2.45) is 0 Å². The average molecular weight is 453 g/mol. The number of thiazole rings is 1. The Labute approximate surface area is 186 Å². The summed E-state index contributed by atoms with van der Waals surface area (Å²) in [5.41, 5.74) is 6.21. The van der Waals surface area contributed by atoms with Crippen molar-refractivity contribution in [2.45, 2.75) is 13.3 Å². The van der Waals surface area contributed by atoms with Crippen LogP contribution in [0.25, 0.3) is 10.6 Å². The van der Waals surface area contributed by atoms with Crippen molar-refractivity contribution in [1.29, 1.82) is 0 Å². The number of hydrogen-bond donors (Lipinski definition) is 3. The van der Waals surface area contributed by atoms with E-state index in [0.29, 0.717) is 15.6 Å². The van der Waals surface area contributed by atoms with Gasteiger partial charge in [0.1, 0.15) is 9.88 Å². The van der Waals surface area contributed by atoms with Gasteiger partial charge in [-0.2, -0.15) is 0 Å². The van der Waals surface area contributed by atoms with Gasteiger partial charge in [0.15, 0.2) is 0 Å². The second-order valence-corrected chi connectivity index (χ2v) is 7.61. The number of carbonyl (C=O) groups excluding carboxylic acids is 3. The van der Waals surface area contributed by atoms with Gasteiger partial charge >= 0.3 is 0 Å². The monoisotopic (exact) mass is 453 g/mol. The number of nitrogens with one attached hydrogen (secondary N) is 3. The summed E-state index contributed by atoms with van der Waals surface area (Å²) in [5.74, 6) is -1.44. The molecule has 11 heteroatoms. The molecule has 0 aliphatic heterocycles. The van der Waals surface area contributed by atoms with Crippen LogP contribution in [-0.4, -0.2) is 34.2 Å². The lowest BCUT2D eigenvalue weighted by molar-refractivity contribution is -0.384. The van der Waals surface area contributed by atoms with E-state index >= 15 is 0 Å². The zero-order valence-corrected chi connectivity index (χ0v) is 17.8. The van der Waals surface area contributed by atoms with Crippen LogP contribution in [-0.2, 0) is 4.79 Å². The summed E-state index contributed by atoms with van der Waals surface area (Å²) in [6.07, 6.45) is -0.0735. The molecule has 0 aliphatic carbocycles. The van der Waals surface area contributed by atoms with E-state index in [1.165, 1.54) is 35.6 Å². The zero-order chi connectivity index (χ0) is 23.1. The largest absolute Gasteiger partial charge is 0.352 e. The Morgan fingerprint density at radius 3 is 2.34 bits per heavy atom. The fraction of sp³-hybridized carbons (Fsp3) is 0.143. The molecule has 0 spiro atoms. The van der Waals surface area contributed by atoms with Crippen molar-refractivity contribution >= 4 is 34.7 Å². The lowest BCUT2D eigenvalue weighted by atomic mass is 10.2.